The summed E-state index contributed by atoms with van der Waals surface area (Å²) in [4.78, 5) is 4.24. The van der Waals surface area contributed by atoms with Crippen LogP contribution >= 0.6 is 0 Å². The fourth-order valence-electron chi connectivity index (χ4n) is 2.24. The van der Waals surface area contributed by atoms with E-state index in [1.165, 1.54) is 0 Å². The van der Waals surface area contributed by atoms with Crippen LogP contribution in [0.3, 0.4) is 0 Å². The van der Waals surface area contributed by atoms with Gasteiger partial charge in [-0.3, -0.25) is 4.98 Å². The van der Waals surface area contributed by atoms with Gasteiger partial charge in [0.2, 0.25) is 0 Å². The van der Waals surface area contributed by atoms with Gasteiger partial charge in [-0.05, 0) is 31.7 Å². The van der Waals surface area contributed by atoms with Crippen molar-refractivity contribution >= 4 is 0 Å². The molecule has 0 radical (unpaired) electrons. The number of furan rings is 1. The molecule has 19 heavy (non-hydrogen) atoms. The third-order valence-corrected chi connectivity index (χ3v) is 3.08. The molecule has 0 aliphatic carbocycles. The first-order valence-electron chi connectivity index (χ1n) is 6.61. The van der Waals surface area contributed by atoms with Crippen molar-refractivity contribution in [2.24, 2.45) is 0 Å². The van der Waals surface area contributed by atoms with Crippen LogP contribution in [-0.2, 0) is 6.42 Å². The minimum Gasteiger partial charge on any atom is -0.492 e. The summed E-state index contributed by atoms with van der Waals surface area (Å²) in [5, 5.41) is 3.31. The third kappa shape index (κ3) is 2.96. The normalized spacial score (nSPS) is 12.4. The zero-order chi connectivity index (χ0) is 13.7. The number of nitrogens with one attached hydrogen (secondary N) is 1. The second-order valence-electron chi connectivity index (χ2n) is 4.26. The largest absolute Gasteiger partial charge is 0.492 e. The average molecular weight is 260 g/mol. The van der Waals surface area contributed by atoms with Crippen LogP contribution in [-0.4, -0.2) is 18.6 Å². The van der Waals surface area contributed by atoms with Gasteiger partial charge in [0.05, 0.1) is 25.1 Å². The summed E-state index contributed by atoms with van der Waals surface area (Å²) in [5.74, 6) is 1.79. The van der Waals surface area contributed by atoms with E-state index < -0.39 is 0 Å². The summed E-state index contributed by atoms with van der Waals surface area (Å²) in [7, 11) is 1.93. The van der Waals surface area contributed by atoms with E-state index in [0.717, 1.165) is 29.1 Å². The number of pyridine rings is 1. The Morgan fingerprint density at radius 1 is 1.37 bits per heavy atom. The third-order valence-electron chi connectivity index (χ3n) is 3.08. The maximum absolute atomic E-state index is 5.50. The molecular weight excluding hydrogens is 240 g/mol. The highest BCUT2D eigenvalue weighted by molar-refractivity contribution is 5.35. The highest BCUT2D eigenvalue weighted by Crippen LogP contribution is 2.27. The summed E-state index contributed by atoms with van der Waals surface area (Å²) in [6, 6.07) is 4.10. The molecule has 1 unspecified atom stereocenters. The molecule has 1 atom stereocenters. The van der Waals surface area contributed by atoms with Gasteiger partial charge in [-0.25, -0.2) is 0 Å². The topological polar surface area (TPSA) is 47.3 Å². The van der Waals surface area contributed by atoms with Crippen molar-refractivity contribution in [3.05, 3.63) is 47.7 Å². The average Bonchev–Trinajstić information content (AvgIpc) is 2.89. The molecule has 0 saturated carbocycles. The molecule has 4 heteroatoms. The predicted molar refractivity (Wildman–Crippen MR) is 74.4 cm³/mol. The molecule has 0 aliphatic rings. The van der Waals surface area contributed by atoms with Crippen molar-refractivity contribution in [1.29, 1.82) is 0 Å². The summed E-state index contributed by atoms with van der Waals surface area (Å²) < 4.78 is 11.0. The van der Waals surface area contributed by atoms with Crippen molar-refractivity contribution in [2.45, 2.75) is 26.3 Å². The summed E-state index contributed by atoms with van der Waals surface area (Å²) in [6.45, 7) is 4.69. The number of hydrogen-bond acceptors (Lipinski definition) is 4. The minimum atomic E-state index is 0.0709. The number of nitrogens with zero attached hydrogens (tertiary/aromatic N) is 1. The molecule has 2 rings (SSSR count). The molecule has 0 amide bonds. The Morgan fingerprint density at radius 2 is 2.21 bits per heavy atom. The number of rotatable bonds is 6. The quantitative estimate of drug-likeness (QED) is 0.867. The van der Waals surface area contributed by atoms with Crippen LogP contribution in [0.5, 0.6) is 5.75 Å². The molecule has 0 saturated heterocycles. The van der Waals surface area contributed by atoms with Gasteiger partial charge >= 0.3 is 0 Å². The van der Waals surface area contributed by atoms with Crippen LogP contribution in [0.25, 0.3) is 0 Å². The van der Waals surface area contributed by atoms with E-state index in [2.05, 4.69) is 17.2 Å². The first-order chi connectivity index (χ1) is 9.30. The van der Waals surface area contributed by atoms with Gasteiger partial charge in [0.25, 0.3) is 0 Å². The molecule has 2 aromatic heterocycles. The van der Waals surface area contributed by atoms with Crippen molar-refractivity contribution < 1.29 is 9.15 Å². The van der Waals surface area contributed by atoms with Gasteiger partial charge in [-0.1, -0.05) is 6.92 Å². The summed E-state index contributed by atoms with van der Waals surface area (Å²) >= 11 is 0. The second kappa shape index (κ2) is 6.38. The van der Waals surface area contributed by atoms with E-state index in [1.54, 1.807) is 12.5 Å². The molecule has 2 aromatic rings. The smallest absolute Gasteiger partial charge is 0.137 e. The highest BCUT2D eigenvalue weighted by Gasteiger charge is 2.18. The van der Waals surface area contributed by atoms with Crippen LogP contribution in [0.4, 0.5) is 0 Å². The predicted octanol–water partition coefficient (Wildman–Crippen LogP) is 2.94. The molecular formula is C15H20N2O2. The maximum Gasteiger partial charge on any atom is 0.137 e. The van der Waals surface area contributed by atoms with Gasteiger partial charge in [0.1, 0.15) is 11.5 Å². The highest BCUT2D eigenvalue weighted by atomic mass is 16.5. The van der Waals surface area contributed by atoms with Crippen molar-refractivity contribution in [3.8, 4) is 5.75 Å². The molecule has 4 nitrogen and oxygen atoms in total. The van der Waals surface area contributed by atoms with Gasteiger partial charge in [0.15, 0.2) is 0 Å². The zero-order valence-electron chi connectivity index (χ0n) is 11.6. The Kier molecular flexibility index (Phi) is 4.58. The van der Waals surface area contributed by atoms with Crippen molar-refractivity contribution in [3.63, 3.8) is 0 Å². The first kappa shape index (κ1) is 13.6. The van der Waals surface area contributed by atoms with E-state index in [9.17, 15) is 0 Å². The van der Waals surface area contributed by atoms with Crippen LogP contribution < -0.4 is 10.1 Å². The molecule has 0 fully saturated rings. The molecule has 0 aliphatic heterocycles. The standard InChI is InChI=1S/C15H20N2O2/c1-4-14-13(6-7-19-14)15(16-3)11-8-12(18-5-2)10-17-9-11/h6-10,15-16H,4-5H2,1-3H3. The van der Waals surface area contributed by atoms with Gasteiger partial charge < -0.3 is 14.5 Å². The second-order valence-corrected chi connectivity index (χ2v) is 4.26. The lowest BCUT2D eigenvalue weighted by molar-refractivity contribution is 0.338. The van der Waals surface area contributed by atoms with E-state index in [4.69, 9.17) is 9.15 Å². The van der Waals surface area contributed by atoms with Crippen LogP contribution in [0.15, 0.2) is 35.2 Å². The Labute approximate surface area is 113 Å². The fourth-order valence-corrected chi connectivity index (χ4v) is 2.24. The molecule has 102 valence electrons. The van der Waals surface area contributed by atoms with Crippen molar-refractivity contribution in [2.75, 3.05) is 13.7 Å². The van der Waals surface area contributed by atoms with Crippen LogP contribution in [0, 0.1) is 0 Å². The lowest BCUT2D eigenvalue weighted by atomic mass is 10.00. The summed E-state index contributed by atoms with van der Waals surface area (Å²) in [5.41, 5.74) is 2.23. The van der Waals surface area contributed by atoms with Gasteiger partial charge in [0, 0.05) is 18.2 Å². The van der Waals surface area contributed by atoms with Crippen LogP contribution in [0.1, 0.15) is 36.8 Å². The molecule has 0 aromatic carbocycles. The summed E-state index contributed by atoms with van der Waals surface area (Å²) in [6.07, 6.45) is 6.20. The SMILES string of the molecule is CCOc1cncc(C(NC)c2ccoc2CC)c1. The van der Waals surface area contributed by atoms with Crippen LogP contribution in [0.2, 0.25) is 0 Å². The molecule has 0 spiro atoms. The monoisotopic (exact) mass is 260 g/mol. The number of hydrogen-bond donors (Lipinski definition) is 1. The van der Waals surface area contributed by atoms with E-state index in [0.29, 0.717) is 6.61 Å². The lowest BCUT2D eigenvalue weighted by Crippen LogP contribution is -2.18. The Balaban J connectivity index is 2.34. The Hall–Kier alpha value is -1.81. The van der Waals surface area contributed by atoms with E-state index >= 15 is 0 Å². The first-order valence-corrected chi connectivity index (χ1v) is 6.61. The number of aryl methyl sites for hydroxylation is 1. The lowest BCUT2D eigenvalue weighted by Gasteiger charge is -2.17. The Bertz CT molecular complexity index is 522. The number of ether oxygens (including phenoxy) is 1. The maximum atomic E-state index is 5.50. The molecule has 0 bridgehead atoms. The van der Waals surface area contributed by atoms with Gasteiger partial charge in [-0.2, -0.15) is 0 Å². The van der Waals surface area contributed by atoms with Gasteiger partial charge in [-0.15, -0.1) is 0 Å². The van der Waals surface area contributed by atoms with Crippen molar-refractivity contribution in [1.82, 2.24) is 10.3 Å². The van der Waals surface area contributed by atoms with E-state index in [-0.39, 0.29) is 6.04 Å². The molecule has 1 N–H and O–H groups in total. The zero-order valence-corrected chi connectivity index (χ0v) is 11.6. The minimum absolute atomic E-state index is 0.0709. The molecule has 2 heterocycles. The van der Waals surface area contributed by atoms with E-state index in [1.807, 2.05) is 32.3 Å². The fraction of sp³-hybridized carbons (Fsp3) is 0.400. The Morgan fingerprint density at radius 3 is 2.89 bits per heavy atom. The number of aromatic nitrogens is 1.